The molecule has 1 aliphatic carbocycles. The molecule has 2 aliphatic rings. The molecule has 1 saturated heterocycles. The summed E-state index contributed by atoms with van der Waals surface area (Å²) < 4.78 is 5.49. The van der Waals surface area contributed by atoms with E-state index in [9.17, 15) is 82.8 Å². The van der Waals surface area contributed by atoms with Crippen LogP contribution in [-0.2, 0) is 62.3 Å². The van der Waals surface area contributed by atoms with Crippen LogP contribution >= 0.6 is 0 Å². The van der Waals surface area contributed by atoms with Crippen molar-refractivity contribution >= 4 is 82.5 Å². The van der Waals surface area contributed by atoms with Gasteiger partial charge in [0.05, 0.1) is 51.3 Å². The number of aliphatic hydroxyl groups is 3. The molecular weight excluding hydrogens is 1040 g/mol. The molecule has 0 aromatic heterocycles. The summed E-state index contributed by atoms with van der Waals surface area (Å²) in [5, 5.41) is 69.9. The molecule has 432 valence electrons. The minimum absolute atomic E-state index is 0.0152. The lowest BCUT2D eigenvalue weighted by Gasteiger charge is -2.26. The number of rotatable bonds is 14. The van der Waals surface area contributed by atoms with Crippen LogP contribution in [0.2, 0.25) is 0 Å². The number of ether oxygens (including phenoxy) is 1. The highest BCUT2D eigenvalue weighted by Gasteiger charge is 2.47. The predicted octanol–water partition coefficient (Wildman–Crippen LogP) is -7.36. The Bertz CT molecular complexity index is 2360. The zero-order valence-electron chi connectivity index (χ0n) is 43.0. The molecule has 31 heteroatoms. The highest BCUT2D eigenvalue weighted by Crippen LogP contribution is 2.34. The van der Waals surface area contributed by atoms with E-state index in [0.717, 1.165) is 6.92 Å². The summed E-state index contributed by atoms with van der Waals surface area (Å²) in [5.74, 6) is -16.3. The van der Waals surface area contributed by atoms with E-state index in [1.807, 2.05) is 0 Å². The van der Waals surface area contributed by atoms with Crippen molar-refractivity contribution in [1.82, 2.24) is 53.2 Å². The topological polar surface area (TPSA) is 505 Å². The van der Waals surface area contributed by atoms with Crippen molar-refractivity contribution in [3.8, 4) is 0 Å². The van der Waals surface area contributed by atoms with Gasteiger partial charge in [0.2, 0.25) is 53.2 Å². The van der Waals surface area contributed by atoms with Crippen molar-refractivity contribution in [2.45, 2.75) is 119 Å². The number of carbonyl (C=O) groups excluding carboxylic acids is 11. The largest absolute Gasteiger partial charge is 0.481 e. The number of para-hydroxylation sites is 1. The number of nitrogens with one attached hydrogen (secondary N) is 10. The number of carboxylic acids is 2. The van der Waals surface area contributed by atoms with Crippen molar-refractivity contribution in [3.05, 3.63) is 42.5 Å². The first-order chi connectivity index (χ1) is 36.8. The van der Waals surface area contributed by atoms with Crippen LogP contribution < -0.4 is 64.6 Å². The zero-order chi connectivity index (χ0) is 58.8. The van der Waals surface area contributed by atoms with Gasteiger partial charge in [0.15, 0.2) is 5.78 Å². The highest BCUT2D eigenvalue weighted by atomic mass is 16.5. The van der Waals surface area contributed by atoms with Crippen LogP contribution in [0.25, 0.3) is 0 Å². The Morgan fingerprint density at radius 2 is 1.23 bits per heavy atom. The highest BCUT2D eigenvalue weighted by molar-refractivity contribution is 6.04. The van der Waals surface area contributed by atoms with Gasteiger partial charge in [-0.1, -0.05) is 18.2 Å². The Morgan fingerprint density at radius 3 is 1.78 bits per heavy atom. The number of Topliss-reactive ketones (excluding diaryl/α,β-unsaturated/α-hetero) is 1. The number of aliphatic carboxylic acids is 2. The quantitative estimate of drug-likeness (QED) is 0.0271. The number of nitrogens with two attached hydrogens (primary N) is 2. The van der Waals surface area contributed by atoms with Crippen LogP contribution in [0.5, 0.6) is 0 Å². The number of carboxylic acid groups (broad SMARTS) is 2. The molecule has 0 radical (unpaired) electrons. The van der Waals surface area contributed by atoms with E-state index in [1.165, 1.54) is 37.3 Å². The minimum Gasteiger partial charge on any atom is -0.481 e. The molecule has 9 amide bonds. The average Bonchev–Trinajstić information content (AvgIpc) is 4.12. The van der Waals surface area contributed by atoms with Gasteiger partial charge in [0.25, 0.3) is 0 Å². The maximum atomic E-state index is 13.9. The number of hydrogen-bond acceptors (Lipinski definition) is 20. The summed E-state index contributed by atoms with van der Waals surface area (Å²) in [6.07, 6.45) is -4.45. The van der Waals surface area contributed by atoms with E-state index < -0.39 is 189 Å². The van der Waals surface area contributed by atoms with Crippen LogP contribution in [0.15, 0.2) is 36.9 Å². The van der Waals surface area contributed by atoms with E-state index >= 15 is 0 Å². The number of aliphatic hydroxyl groups excluding tert-OH is 3. The van der Waals surface area contributed by atoms with Crippen molar-refractivity contribution in [2.24, 2.45) is 11.7 Å². The second-order valence-electron chi connectivity index (χ2n) is 17.9. The smallest absolute Gasteiger partial charge is 0.329 e. The lowest BCUT2D eigenvalue weighted by Crippen LogP contribution is -2.59. The van der Waals surface area contributed by atoms with Crippen LogP contribution in [0.1, 0.15) is 69.2 Å². The lowest BCUT2D eigenvalue weighted by molar-refractivity contribution is -0.154. The van der Waals surface area contributed by atoms with Crippen molar-refractivity contribution in [3.63, 3.8) is 0 Å². The van der Waals surface area contributed by atoms with E-state index in [0.29, 0.717) is 6.54 Å². The fourth-order valence-electron chi connectivity index (χ4n) is 7.11. The Morgan fingerprint density at radius 1 is 0.705 bits per heavy atom. The molecule has 11 unspecified atom stereocenters. The molecule has 0 spiro atoms. The van der Waals surface area contributed by atoms with E-state index in [-0.39, 0.29) is 37.1 Å². The second kappa shape index (κ2) is 33.1. The summed E-state index contributed by atoms with van der Waals surface area (Å²) >= 11 is 0. The third-order valence-corrected chi connectivity index (χ3v) is 11.6. The number of benzene rings is 1. The molecule has 2 fully saturated rings. The summed E-state index contributed by atoms with van der Waals surface area (Å²) in [4.78, 5) is 170. The van der Waals surface area contributed by atoms with Gasteiger partial charge >= 0.3 is 17.9 Å². The van der Waals surface area contributed by atoms with Gasteiger partial charge in [-0.3, -0.25) is 57.5 Å². The van der Waals surface area contributed by atoms with Gasteiger partial charge in [-0.05, 0) is 58.8 Å². The van der Waals surface area contributed by atoms with Crippen LogP contribution in [-0.4, -0.2) is 203 Å². The molecule has 1 aromatic rings. The molecule has 78 heavy (non-hydrogen) atoms. The van der Waals surface area contributed by atoms with E-state index in [1.54, 1.807) is 7.05 Å². The molecule has 1 aromatic carbocycles. The van der Waals surface area contributed by atoms with Crippen LogP contribution in [0.4, 0.5) is 5.69 Å². The number of hydrogen-bond donors (Lipinski definition) is 17. The van der Waals surface area contributed by atoms with E-state index in [4.69, 9.17) is 21.3 Å². The van der Waals surface area contributed by atoms with Crippen molar-refractivity contribution < 1.29 is 92.6 Å². The summed E-state index contributed by atoms with van der Waals surface area (Å²) in [7, 11) is 1.60. The lowest BCUT2D eigenvalue weighted by atomic mass is 10.0. The number of carbonyl (C=O) groups is 13. The van der Waals surface area contributed by atoms with Gasteiger partial charge in [0, 0.05) is 30.0 Å². The Labute approximate surface area is 446 Å². The number of esters is 1. The summed E-state index contributed by atoms with van der Waals surface area (Å²) in [6.45, 7) is 3.11. The fraction of sp³-hybridized carbons (Fsp3) is 0.553. The van der Waals surface area contributed by atoms with Gasteiger partial charge in [-0.25, -0.2) is 4.79 Å². The maximum absolute atomic E-state index is 13.9. The number of amides is 9. The first-order valence-corrected chi connectivity index (χ1v) is 24.3. The summed E-state index contributed by atoms with van der Waals surface area (Å²) in [6, 6.07) is -7.78. The molecule has 19 N–H and O–H groups in total. The third kappa shape index (κ3) is 23.0. The molecule has 0 bridgehead atoms. The van der Waals surface area contributed by atoms with Crippen LogP contribution in [0, 0.1) is 5.92 Å². The first-order valence-electron chi connectivity index (χ1n) is 24.3. The van der Waals surface area contributed by atoms with E-state index in [2.05, 4.69) is 59.7 Å². The van der Waals surface area contributed by atoms with Gasteiger partial charge in [-0.15, -0.1) is 6.58 Å². The standard InChI is InChI=1S/C44H64N12O18.C3H6O/c1-19-38(67)53-26(14-35(63)64)39(68)49-17-34(62)52-29(18-57)42(71)56-37(22-11-30(22)58)43(72)55-28(13-31(59)21-7-4-5-8-23(21)45)44(73)74-20(2)24(46)12-32(60)48-16-33(61)51-25(9-6-10-47-3)40(69)54-27(15-36(65)66)41(70)50-19;1-2-3-4/h4-5,7-8,19-20,22,24-30,37,47,57-58H,6,9-18,45-46H2,1-3H3,(H,48,60)(H,49,68)(H,50,70)(H,51,61)(H,52,62)(H,53,67)(H,54,69)(H,55,72)(H,56,71)(H,63,64)(H,65,66);2,4H,1,3H2. The number of nitrogen functional groups attached to an aromatic ring is 1. The molecule has 1 saturated carbocycles. The van der Waals surface area contributed by atoms with Crippen LogP contribution in [0.3, 0.4) is 0 Å². The molecule has 31 nitrogen and oxygen atoms in total. The fourth-order valence-corrected chi connectivity index (χ4v) is 7.11. The average molecular weight is 1110 g/mol. The normalized spacial score (nSPS) is 26.9. The van der Waals surface area contributed by atoms with Gasteiger partial charge in [-0.2, -0.15) is 0 Å². The Hall–Kier alpha value is -8.13. The monoisotopic (exact) mass is 1110 g/mol. The Balaban J connectivity index is 0.00000501. The second-order valence-corrected chi connectivity index (χ2v) is 17.9. The molecular formula is C47H70N12O19. The molecule has 11 atom stereocenters. The molecule has 3 rings (SSSR count). The SMILES string of the molecule is C=CCO.CNCCCC1NC(=O)CNC(=O)CC(N)C(C)OC(=O)C(CC(=O)c2ccccc2N)NC(=O)C(C2CC2O)NC(=O)C(CO)NC(=O)CNC(=O)C(CC(=O)O)NC(=O)C(C)NC(=O)C(CC(=O)O)NC1=O. The van der Waals surface area contributed by atoms with Crippen molar-refractivity contribution in [2.75, 3.05) is 45.6 Å². The molecule has 1 heterocycles. The zero-order valence-corrected chi connectivity index (χ0v) is 43.0. The summed E-state index contributed by atoms with van der Waals surface area (Å²) in [5.41, 5.74) is 12.1. The van der Waals surface area contributed by atoms with Gasteiger partial charge < -0.3 is 94.9 Å². The third-order valence-electron chi connectivity index (χ3n) is 11.6. The predicted molar refractivity (Wildman–Crippen MR) is 269 cm³/mol. The number of cyclic esters (lactones) is 1. The number of ketones is 1. The van der Waals surface area contributed by atoms with Crippen molar-refractivity contribution in [1.29, 1.82) is 0 Å². The minimum atomic E-state index is -1.93. The Kier molecular flexibility index (Phi) is 28.0. The van der Waals surface area contributed by atoms with Gasteiger partial charge in [0.1, 0.15) is 48.4 Å². The molecule has 1 aliphatic heterocycles. The maximum Gasteiger partial charge on any atom is 0.329 e. The first kappa shape index (κ1) is 66.0. The number of anilines is 1.